The van der Waals surface area contributed by atoms with E-state index in [1.165, 1.54) is 18.2 Å². The van der Waals surface area contributed by atoms with E-state index in [1.807, 2.05) is 0 Å². The molecule has 0 saturated heterocycles. The molecule has 1 rings (SSSR count). The Labute approximate surface area is 81.1 Å². The number of hydrogen-bond donors (Lipinski definition) is 1. The van der Waals surface area contributed by atoms with Gasteiger partial charge in [-0.3, -0.25) is 0 Å². The van der Waals surface area contributed by atoms with Crippen molar-refractivity contribution in [2.75, 3.05) is 5.75 Å². The molecule has 62 valence electrons. The van der Waals surface area contributed by atoms with Crippen LogP contribution in [-0.4, -0.2) is 5.75 Å². The molecule has 0 aliphatic rings. The van der Waals surface area contributed by atoms with Crippen molar-refractivity contribution in [3.8, 4) is 11.8 Å². The summed E-state index contributed by atoms with van der Waals surface area (Å²) in [5.41, 5.74) is 0.505. The first-order valence-electron chi connectivity index (χ1n) is 3.29. The molecule has 3 heteroatoms. The lowest BCUT2D eigenvalue weighted by Gasteiger charge is -1.94. The Balaban J connectivity index is 3.05. The zero-order valence-electron chi connectivity index (χ0n) is 6.14. The van der Waals surface area contributed by atoms with Gasteiger partial charge in [0, 0.05) is 5.56 Å². The van der Waals surface area contributed by atoms with Gasteiger partial charge < -0.3 is 0 Å². The first-order valence-corrected chi connectivity index (χ1v) is 4.30. The normalized spacial score (nSPS) is 8.92. The number of thiol groups is 1. The minimum atomic E-state index is -0.331. The highest BCUT2D eigenvalue weighted by molar-refractivity contribution is 7.80. The maximum atomic E-state index is 12.6. The second-order valence-corrected chi connectivity index (χ2v) is 2.81. The Kier molecular flexibility index (Phi) is 3.46. The molecule has 0 saturated carbocycles. The van der Waals surface area contributed by atoms with Crippen molar-refractivity contribution in [2.24, 2.45) is 0 Å². The molecule has 0 nitrogen and oxygen atoms in total. The van der Waals surface area contributed by atoms with Gasteiger partial charge in [0.15, 0.2) is 0 Å². The fourth-order valence-corrected chi connectivity index (χ4v) is 0.972. The summed E-state index contributed by atoms with van der Waals surface area (Å²) in [6.07, 6.45) is 0. The summed E-state index contributed by atoms with van der Waals surface area (Å²) in [5, 5.41) is 0.464. The van der Waals surface area contributed by atoms with E-state index in [1.54, 1.807) is 0 Å². The van der Waals surface area contributed by atoms with Gasteiger partial charge in [-0.1, -0.05) is 23.4 Å². The molecule has 0 spiro atoms. The van der Waals surface area contributed by atoms with Crippen LogP contribution in [0.4, 0.5) is 4.39 Å². The number of hydrogen-bond acceptors (Lipinski definition) is 1. The number of rotatable bonds is 0. The van der Waals surface area contributed by atoms with Gasteiger partial charge in [-0.05, 0) is 18.2 Å². The van der Waals surface area contributed by atoms with Crippen molar-refractivity contribution in [1.29, 1.82) is 0 Å². The minimum absolute atomic E-state index is 0.331. The molecule has 0 radical (unpaired) electrons. The first-order chi connectivity index (χ1) is 5.74. The van der Waals surface area contributed by atoms with Crippen LogP contribution in [0, 0.1) is 17.7 Å². The van der Waals surface area contributed by atoms with E-state index in [2.05, 4.69) is 24.5 Å². The highest BCUT2D eigenvalue weighted by atomic mass is 35.5. The highest BCUT2D eigenvalue weighted by Crippen LogP contribution is 2.15. The average molecular weight is 201 g/mol. The molecular weight excluding hydrogens is 195 g/mol. The lowest BCUT2D eigenvalue weighted by atomic mass is 10.2. The van der Waals surface area contributed by atoms with Gasteiger partial charge in [0.2, 0.25) is 0 Å². The summed E-state index contributed by atoms with van der Waals surface area (Å²) in [6, 6.07) is 4.09. The Morgan fingerprint density at radius 2 is 2.25 bits per heavy atom. The third-order valence-electron chi connectivity index (χ3n) is 1.23. The van der Waals surface area contributed by atoms with E-state index < -0.39 is 0 Å². The van der Waals surface area contributed by atoms with E-state index in [9.17, 15) is 4.39 Å². The predicted octanol–water partition coefficient (Wildman–Crippen LogP) is 2.76. The molecule has 12 heavy (non-hydrogen) atoms. The zero-order chi connectivity index (χ0) is 8.97. The van der Waals surface area contributed by atoms with Gasteiger partial charge in [-0.15, -0.1) is 0 Å². The van der Waals surface area contributed by atoms with Crippen LogP contribution >= 0.6 is 24.2 Å². The van der Waals surface area contributed by atoms with Gasteiger partial charge in [-0.25, -0.2) is 4.39 Å². The molecule has 0 unspecified atom stereocenters. The van der Waals surface area contributed by atoms with E-state index in [0.717, 1.165) is 0 Å². The lowest BCUT2D eigenvalue weighted by molar-refractivity contribution is 0.627. The maximum Gasteiger partial charge on any atom is 0.124 e. The Morgan fingerprint density at radius 1 is 1.50 bits per heavy atom. The summed E-state index contributed by atoms with van der Waals surface area (Å²) in [5.74, 6) is 5.51. The van der Waals surface area contributed by atoms with E-state index >= 15 is 0 Å². The van der Waals surface area contributed by atoms with Crippen molar-refractivity contribution in [3.63, 3.8) is 0 Å². The highest BCUT2D eigenvalue weighted by Gasteiger charge is 1.97. The monoisotopic (exact) mass is 200 g/mol. The van der Waals surface area contributed by atoms with Gasteiger partial charge in [-0.2, -0.15) is 12.6 Å². The second kappa shape index (κ2) is 4.39. The van der Waals surface area contributed by atoms with Crippen LogP contribution in [0.3, 0.4) is 0 Å². The molecule has 0 atom stereocenters. The fourth-order valence-electron chi connectivity index (χ4n) is 0.728. The Bertz CT molecular complexity index is 338. The Morgan fingerprint density at radius 3 is 2.92 bits per heavy atom. The van der Waals surface area contributed by atoms with Crippen LogP contribution in [0.25, 0.3) is 0 Å². The average Bonchev–Trinajstić information content (AvgIpc) is 2.07. The second-order valence-electron chi connectivity index (χ2n) is 2.08. The summed E-state index contributed by atoms with van der Waals surface area (Å²) < 4.78 is 12.6. The van der Waals surface area contributed by atoms with E-state index in [-0.39, 0.29) is 5.82 Å². The summed E-state index contributed by atoms with van der Waals surface area (Å²) in [4.78, 5) is 0. The first kappa shape index (κ1) is 9.44. The molecule has 0 aliphatic carbocycles. The topological polar surface area (TPSA) is 0 Å². The summed E-state index contributed by atoms with van der Waals surface area (Å²) in [6.45, 7) is 0. The molecule has 0 aliphatic heterocycles. The van der Waals surface area contributed by atoms with Gasteiger partial charge in [0.1, 0.15) is 5.82 Å². The third-order valence-corrected chi connectivity index (χ3v) is 1.72. The van der Waals surface area contributed by atoms with Crippen LogP contribution in [-0.2, 0) is 0 Å². The lowest BCUT2D eigenvalue weighted by Crippen LogP contribution is -1.80. The third kappa shape index (κ3) is 2.44. The van der Waals surface area contributed by atoms with Crippen molar-refractivity contribution < 1.29 is 4.39 Å². The zero-order valence-corrected chi connectivity index (χ0v) is 7.79. The predicted molar refractivity (Wildman–Crippen MR) is 52.1 cm³/mol. The number of halogens is 2. The van der Waals surface area contributed by atoms with Crippen molar-refractivity contribution >= 4 is 24.2 Å². The van der Waals surface area contributed by atoms with Gasteiger partial charge in [0.05, 0.1) is 10.8 Å². The number of benzene rings is 1. The fraction of sp³-hybridized carbons (Fsp3) is 0.111. The van der Waals surface area contributed by atoms with Gasteiger partial charge >= 0.3 is 0 Å². The van der Waals surface area contributed by atoms with Crippen molar-refractivity contribution in [1.82, 2.24) is 0 Å². The molecule has 0 bridgehead atoms. The molecule has 1 aromatic carbocycles. The van der Waals surface area contributed by atoms with Crippen LogP contribution < -0.4 is 0 Å². The van der Waals surface area contributed by atoms with Crippen LogP contribution in [0.15, 0.2) is 18.2 Å². The molecule has 0 fully saturated rings. The largest absolute Gasteiger partial charge is 0.207 e. The summed E-state index contributed by atoms with van der Waals surface area (Å²) >= 11 is 9.64. The van der Waals surface area contributed by atoms with E-state index in [0.29, 0.717) is 16.3 Å². The molecule has 0 N–H and O–H groups in total. The summed E-state index contributed by atoms with van der Waals surface area (Å²) in [7, 11) is 0. The smallest absolute Gasteiger partial charge is 0.124 e. The molecule has 0 aromatic heterocycles. The van der Waals surface area contributed by atoms with Crippen molar-refractivity contribution in [3.05, 3.63) is 34.6 Å². The minimum Gasteiger partial charge on any atom is -0.207 e. The van der Waals surface area contributed by atoms with Crippen molar-refractivity contribution in [2.45, 2.75) is 0 Å². The molecule has 0 heterocycles. The maximum absolute atomic E-state index is 12.6. The standard InChI is InChI=1S/C9H6ClFS/c10-9-4-3-8(11)6-7(9)2-1-5-12/h3-4,6,12H,5H2. The van der Waals surface area contributed by atoms with Crippen LogP contribution in [0.1, 0.15) is 5.56 Å². The van der Waals surface area contributed by atoms with Gasteiger partial charge in [0.25, 0.3) is 0 Å². The van der Waals surface area contributed by atoms with Crippen LogP contribution in [0.5, 0.6) is 0 Å². The SMILES string of the molecule is Fc1ccc(Cl)c(C#CCS)c1. The Hall–Kier alpha value is -0.650. The molecular formula is C9H6ClFS. The molecule has 0 amide bonds. The van der Waals surface area contributed by atoms with E-state index in [4.69, 9.17) is 11.6 Å². The quantitative estimate of drug-likeness (QED) is 0.483. The molecule has 1 aromatic rings. The van der Waals surface area contributed by atoms with Crippen LogP contribution in [0.2, 0.25) is 5.02 Å².